The van der Waals surface area contributed by atoms with Gasteiger partial charge in [-0.1, -0.05) is 60.3 Å². The molecule has 0 aliphatic carbocycles. The number of thioether (sulfide) groups is 1. The minimum Gasteiger partial charge on any atom is -0.494 e. The lowest BCUT2D eigenvalue weighted by Crippen LogP contribution is -2.15. The first kappa shape index (κ1) is 29.1. The topological polar surface area (TPSA) is 108 Å². The van der Waals surface area contributed by atoms with Gasteiger partial charge in [-0.3, -0.25) is 9.36 Å². The summed E-state index contributed by atoms with van der Waals surface area (Å²) in [5, 5.41) is 12.5. The van der Waals surface area contributed by atoms with E-state index in [1.807, 2.05) is 43.3 Å². The second-order valence-electron chi connectivity index (χ2n) is 9.56. The van der Waals surface area contributed by atoms with Gasteiger partial charge in [-0.2, -0.15) is 0 Å². The van der Waals surface area contributed by atoms with Crippen LogP contribution in [0.25, 0.3) is 28.0 Å². The van der Waals surface area contributed by atoms with Crippen molar-refractivity contribution in [3.63, 3.8) is 0 Å². The van der Waals surface area contributed by atoms with Crippen molar-refractivity contribution in [3.8, 4) is 22.8 Å². The number of benzene rings is 4. The SMILES string of the molecule is CCOc1ccc(-n2c(SCC(=O)Nc3ccccc3F)nnc2-c2cn(S(=O)(=O)c3ccccc3)c3ccccc23)cc1. The van der Waals surface area contributed by atoms with E-state index in [0.29, 0.717) is 45.5 Å². The van der Waals surface area contributed by atoms with Gasteiger partial charge in [0.15, 0.2) is 11.0 Å². The van der Waals surface area contributed by atoms with Gasteiger partial charge >= 0.3 is 0 Å². The Kier molecular flexibility index (Phi) is 8.18. The van der Waals surface area contributed by atoms with Crippen LogP contribution in [-0.4, -0.2) is 45.4 Å². The number of nitrogens with zero attached hydrogens (tertiary/aromatic N) is 4. The van der Waals surface area contributed by atoms with Gasteiger partial charge in [-0.15, -0.1) is 10.2 Å². The molecule has 2 aromatic heterocycles. The molecule has 0 radical (unpaired) electrons. The highest BCUT2D eigenvalue weighted by Crippen LogP contribution is 2.36. The first-order valence-corrected chi connectivity index (χ1v) is 16.1. The van der Waals surface area contributed by atoms with Crippen LogP contribution in [-0.2, 0) is 14.8 Å². The zero-order valence-corrected chi connectivity index (χ0v) is 25.1. The predicted octanol–water partition coefficient (Wildman–Crippen LogP) is 6.39. The molecule has 0 fully saturated rings. The Bertz CT molecular complexity index is 2060. The number of carbonyl (C=O) groups is 1. The number of carbonyl (C=O) groups excluding carboxylic acids is 1. The largest absolute Gasteiger partial charge is 0.494 e. The van der Waals surface area contributed by atoms with Crippen LogP contribution >= 0.6 is 11.8 Å². The number of aromatic nitrogens is 4. The third-order valence-corrected chi connectivity index (χ3v) is 9.36. The number of hydrogen-bond donors (Lipinski definition) is 1. The van der Waals surface area contributed by atoms with Crippen LogP contribution in [0.15, 0.2) is 119 Å². The molecule has 9 nitrogen and oxygen atoms in total. The number of ether oxygens (including phenoxy) is 1. The lowest BCUT2D eigenvalue weighted by Gasteiger charge is -2.11. The second kappa shape index (κ2) is 12.3. The van der Waals surface area contributed by atoms with Gasteiger partial charge in [0.2, 0.25) is 5.91 Å². The van der Waals surface area contributed by atoms with Crippen molar-refractivity contribution >= 4 is 44.3 Å². The Morgan fingerprint density at radius 3 is 2.36 bits per heavy atom. The van der Waals surface area contributed by atoms with Crippen LogP contribution in [0.4, 0.5) is 10.1 Å². The van der Waals surface area contributed by atoms with E-state index in [-0.39, 0.29) is 16.3 Å². The van der Waals surface area contributed by atoms with E-state index in [0.717, 1.165) is 11.8 Å². The standard InChI is InChI=1S/C32H26FN5O4S2/c1-2-42-23-18-16-22(17-19-23)38-31(35-36-32(38)43-21-30(39)34-28-14-8-7-13-27(28)33)26-20-37(29-15-9-6-12-25(26)29)44(40,41)24-10-4-3-5-11-24/h3-20H,2,21H2,1H3,(H,34,39). The molecule has 0 bridgehead atoms. The molecule has 0 aliphatic rings. The quantitative estimate of drug-likeness (QED) is 0.175. The van der Waals surface area contributed by atoms with Crippen molar-refractivity contribution in [3.05, 3.63) is 115 Å². The summed E-state index contributed by atoms with van der Waals surface area (Å²) in [6.45, 7) is 2.40. The maximum atomic E-state index is 14.1. The minimum atomic E-state index is -3.94. The van der Waals surface area contributed by atoms with Gasteiger partial charge in [0.05, 0.1) is 28.5 Å². The molecular weight excluding hydrogens is 602 g/mol. The molecule has 0 saturated carbocycles. The molecule has 222 valence electrons. The summed E-state index contributed by atoms with van der Waals surface area (Å²) in [5.41, 5.74) is 1.77. The fourth-order valence-corrected chi connectivity index (χ4v) is 6.88. The Morgan fingerprint density at radius 1 is 0.909 bits per heavy atom. The average Bonchev–Trinajstić information content (AvgIpc) is 3.64. The Balaban J connectivity index is 1.43. The Labute approximate surface area is 257 Å². The highest BCUT2D eigenvalue weighted by Gasteiger charge is 2.25. The molecule has 1 amide bonds. The molecule has 0 atom stereocenters. The summed E-state index contributed by atoms with van der Waals surface area (Å²) in [4.78, 5) is 12.9. The van der Waals surface area contributed by atoms with E-state index in [2.05, 4.69) is 15.5 Å². The van der Waals surface area contributed by atoms with E-state index in [1.165, 1.54) is 16.1 Å². The summed E-state index contributed by atoms with van der Waals surface area (Å²) in [6.07, 6.45) is 1.54. The van der Waals surface area contributed by atoms with Crippen molar-refractivity contribution in [1.82, 2.24) is 18.7 Å². The zero-order chi connectivity index (χ0) is 30.7. The average molecular weight is 628 g/mol. The van der Waals surface area contributed by atoms with Crippen LogP contribution in [0.3, 0.4) is 0 Å². The molecule has 6 aromatic rings. The number of nitrogens with one attached hydrogen (secondary N) is 1. The number of anilines is 1. The van der Waals surface area contributed by atoms with E-state index >= 15 is 0 Å². The first-order valence-electron chi connectivity index (χ1n) is 13.6. The van der Waals surface area contributed by atoms with Crippen LogP contribution in [0.2, 0.25) is 0 Å². The van der Waals surface area contributed by atoms with Crippen LogP contribution in [0, 0.1) is 5.82 Å². The maximum Gasteiger partial charge on any atom is 0.268 e. The summed E-state index contributed by atoms with van der Waals surface area (Å²) < 4.78 is 50.2. The molecule has 2 heterocycles. The molecule has 0 unspecified atom stereocenters. The monoisotopic (exact) mass is 627 g/mol. The van der Waals surface area contributed by atoms with Gasteiger partial charge < -0.3 is 10.1 Å². The molecule has 0 spiro atoms. The van der Waals surface area contributed by atoms with Crippen molar-refractivity contribution in [1.29, 1.82) is 0 Å². The Hall–Kier alpha value is -4.94. The number of amides is 1. The first-order chi connectivity index (χ1) is 21.4. The number of fused-ring (bicyclic) bond motifs is 1. The lowest BCUT2D eigenvalue weighted by molar-refractivity contribution is -0.113. The minimum absolute atomic E-state index is 0.0758. The van der Waals surface area contributed by atoms with Crippen molar-refractivity contribution in [2.75, 3.05) is 17.7 Å². The van der Waals surface area contributed by atoms with E-state index in [9.17, 15) is 17.6 Å². The number of hydrogen-bond acceptors (Lipinski definition) is 7. The maximum absolute atomic E-state index is 14.1. The highest BCUT2D eigenvalue weighted by atomic mass is 32.2. The highest BCUT2D eigenvalue weighted by molar-refractivity contribution is 7.99. The van der Waals surface area contributed by atoms with E-state index in [4.69, 9.17) is 4.74 Å². The molecule has 12 heteroatoms. The van der Waals surface area contributed by atoms with Crippen molar-refractivity contribution in [2.45, 2.75) is 17.0 Å². The fraction of sp³-hybridized carbons (Fsp3) is 0.0938. The second-order valence-corrected chi connectivity index (χ2v) is 12.3. The third kappa shape index (κ3) is 5.69. The summed E-state index contributed by atoms with van der Waals surface area (Å²) in [7, 11) is -3.94. The molecule has 4 aromatic carbocycles. The summed E-state index contributed by atoms with van der Waals surface area (Å²) in [6, 6.07) is 28.6. The number of rotatable bonds is 10. The summed E-state index contributed by atoms with van der Waals surface area (Å²) >= 11 is 1.12. The molecule has 0 saturated heterocycles. The predicted molar refractivity (Wildman–Crippen MR) is 168 cm³/mol. The summed E-state index contributed by atoms with van der Waals surface area (Å²) in [5.74, 6) is 0.0217. The normalized spacial score (nSPS) is 11.5. The van der Waals surface area contributed by atoms with Gasteiger partial charge in [0.25, 0.3) is 10.0 Å². The van der Waals surface area contributed by atoms with Crippen molar-refractivity contribution < 1.29 is 22.3 Å². The third-order valence-electron chi connectivity index (χ3n) is 6.74. The molecule has 0 aliphatic heterocycles. The van der Waals surface area contributed by atoms with Gasteiger partial charge in [-0.25, -0.2) is 16.8 Å². The zero-order valence-electron chi connectivity index (χ0n) is 23.4. The van der Waals surface area contributed by atoms with Gasteiger partial charge in [0.1, 0.15) is 11.6 Å². The van der Waals surface area contributed by atoms with Gasteiger partial charge in [-0.05, 0) is 61.5 Å². The number of para-hydroxylation sites is 2. The van der Waals surface area contributed by atoms with Crippen molar-refractivity contribution in [2.24, 2.45) is 0 Å². The van der Waals surface area contributed by atoms with Crippen LogP contribution in [0.1, 0.15) is 6.92 Å². The van der Waals surface area contributed by atoms with Crippen LogP contribution < -0.4 is 10.1 Å². The van der Waals surface area contributed by atoms with Crippen LogP contribution in [0.5, 0.6) is 5.75 Å². The Morgan fingerprint density at radius 2 is 1.61 bits per heavy atom. The molecule has 6 rings (SSSR count). The van der Waals surface area contributed by atoms with E-state index in [1.54, 1.807) is 65.4 Å². The molecule has 44 heavy (non-hydrogen) atoms. The fourth-order valence-electron chi connectivity index (χ4n) is 4.74. The smallest absolute Gasteiger partial charge is 0.268 e. The molecule has 1 N–H and O–H groups in total. The van der Waals surface area contributed by atoms with Gasteiger partial charge in [0, 0.05) is 22.8 Å². The lowest BCUT2D eigenvalue weighted by atomic mass is 10.1. The number of halogens is 1. The molecular formula is C32H26FN5O4S2. The van der Waals surface area contributed by atoms with E-state index < -0.39 is 21.7 Å².